The molecule has 0 fully saturated rings. The van der Waals surface area contributed by atoms with Crippen molar-refractivity contribution in [3.8, 4) is 11.8 Å². The molecule has 0 atom stereocenters. The van der Waals surface area contributed by atoms with E-state index in [1.54, 1.807) is 6.92 Å². The molecule has 90 valence electrons. The van der Waals surface area contributed by atoms with E-state index in [2.05, 4.69) is 25.3 Å². The predicted molar refractivity (Wildman–Crippen MR) is 75.2 cm³/mol. The van der Waals surface area contributed by atoms with Crippen LogP contribution in [0, 0.1) is 11.3 Å². The highest BCUT2D eigenvalue weighted by Crippen LogP contribution is 2.20. The summed E-state index contributed by atoms with van der Waals surface area (Å²) in [5, 5.41) is 10.2. The van der Waals surface area contributed by atoms with Crippen LogP contribution >= 0.6 is 0 Å². The van der Waals surface area contributed by atoms with E-state index in [9.17, 15) is 0 Å². The van der Waals surface area contributed by atoms with Crippen LogP contribution in [-0.4, -0.2) is 0 Å². The lowest BCUT2D eigenvalue weighted by molar-refractivity contribution is 0.484. The molecule has 2 aromatic carbocycles. The minimum atomic E-state index is 0.560. The smallest absolute Gasteiger partial charge is 0.127 e. The fourth-order valence-electron chi connectivity index (χ4n) is 1.34. The fourth-order valence-corrected chi connectivity index (χ4v) is 1.34. The summed E-state index contributed by atoms with van der Waals surface area (Å²) < 4.78 is 5.18. The van der Waals surface area contributed by atoms with E-state index in [1.165, 1.54) is 17.0 Å². The Labute approximate surface area is 107 Å². The maximum Gasteiger partial charge on any atom is 0.127 e. The first-order valence-corrected chi connectivity index (χ1v) is 5.49. The lowest BCUT2D eigenvalue weighted by Gasteiger charge is -2.01. The Bertz CT molecular complexity index is 593. The van der Waals surface area contributed by atoms with Crippen LogP contribution in [0.1, 0.15) is 6.92 Å². The first kappa shape index (κ1) is 13.5. The number of ether oxygens (including phenoxy) is 1. The summed E-state index contributed by atoms with van der Waals surface area (Å²) in [6, 6.07) is 16.0. The van der Waals surface area contributed by atoms with E-state index >= 15 is 0 Å². The highest BCUT2D eigenvalue weighted by atomic mass is 16.5. The van der Waals surface area contributed by atoms with Crippen LogP contribution in [0.5, 0.6) is 5.75 Å². The Kier molecular flexibility index (Phi) is 5.21. The maximum absolute atomic E-state index is 7.79. The molecule has 0 aliphatic heterocycles. The fraction of sp³-hybridized carbons (Fsp3) is 0.0625. The number of fused-ring (bicyclic) bond motifs is 1. The Morgan fingerprint density at radius 1 is 1.22 bits per heavy atom. The molecular formula is C16H15NO. The summed E-state index contributed by atoms with van der Waals surface area (Å²) in [5.74, 6) is 0.828. The predicted octanol–water partition coefficient (Wildman–Crippen LogP) is 4.45. The number of rotatable bonds is 2. The van der Waals surface area contributed by atoms with Crippen molar-refractivity contribution in [2.45, 2.75) is 6.92 Å². The molecule has 0 radical (unpaired) electrons. The van der Waals surface area contributed by atoms with Crippen molar-refractivity contribution >= 4 is 10.8 Å². The van der Waals surface area contributed by atoms with Crippen molar-refractivity contribution < 1.29 is 4.74 Å². The average molecular weight is 237 g/mol. The number of allylic oxidation sites excluding steroid dienone is 1. The van der Waals surface area contributed by atoms with E-state index in [0.717, 1.165) is 5.75 Å². The summed E-state index contributed by atoms with van der Waals surface area (Å²) >= 11 is 0. The van der Waals surface area contributed by atoms with Gasteiger partial charge in [-0.15, -0.1) is 0 Å². The lowest BCUT2D eigenvalue weighted by Crippen LogP contribution is -1.80. The lowest BCUT2D eigenvalue weighted by atomic mass is 10.1. The standard InChI is InChI=1S/C12H10O.C4H5N/c1-2-13-12-8-7-10-5-3-4-6-11(10)9-12;1-4(2)3-5/h2-9H,1H2;1H2,2H3. The second-order valence-electron chi connectivity index (χ2n) is 3.69. The van der Waals surface area contributed by atoms with E-state index < -0.39 is 0 Å². The van der Waals surface area contributed by atoms with Crippen molar-refractivity contribution in [2.24, 2.45) is 0 Å². The topological polar surface area (TPSA) is 33.0 Å². The number of hydrogen-bond acceptors (Lipinski definition) is 2. The Balaban J connectivity index is 0.000000280. The molecule has 2 aromatic rings. The molecule has 0 saturated carbocycles. The molecule has 0 aliphatic rings. The van der Waals surface area contributed by atoms with Crippen molar-refractivity contribution in [3.63, 3.8) is 0 Å². The van der Waals surface area contributed by atoms with Crippen molar-refractivity contribution in [1.82, 2.24) is 0 Å². The summed E-state index contributed by atoms with van der Waals surface area (Å²) in [4.78, 5) is 0. The van der Waals surface area contributed by atoms with Crippen LogP contribution in [-0.2, 0) is 0 Å². The maximum atomic E-state index is 7.79. The molecule has 0 amide bonds. The molecule has 0 N–H and O–H groups in total. The van der Waals surface area contributed by atoms with E-state index in [0.29, 0.717) is 5.57 Å². The number of nitrogens with zero attached hydrogens (tertiary/aromatic N) is 1. The summed E-state index contributed by atoms with van der Waals surface area (Å²) in [6.07, 6.45) is 1.43. The molecule has 0 spiro atoms. The zero-order chi connectivity index (χ0) is 13.4. The number of benzene rings is 2. The Morgan fingerprint density at radius 3 is 2.39 bits per heavy atom. The third-order valence-corrected chi connectivity index (χ3v) is 2.13. The third-order valence-electron chi connectivity index (χ3n) is 2.13. The van der Waals surface area contributed by atoms with E-state index in [4.69, 9.17) is 10.00 Å². The Hall–Kier alpha value is -2.53. The van der Waals surface area contributed by atoms with Crippen LogP contribution in [0.25, 0.3) is 10.8 Å². The van der Waals surface area contributed by atoms with Crippen molar-refractivity contribution in [1.29, 1.82) is 5.26 Å². The molecule has 0 bridgehead atoms. The van der Waals surface area contributed by atoms with E-state index in [1.807, 2.05) is 36.4 Å². The highest BCUT2D eigenvalue weighted by molar-refractivity contribution is 5.83. The molecular weight excluding hydrogens is 222 g/mol. The normalized spacial score (nSPS) is 8.67. The van der Waals surface area contributed by atoms with Crippen molar-refractivity contribution in [2.75, 3.05) is 0 Å². The van der Waals surface area contributed by atoms with Crippen LogP contribution in [0.2, 0.25) is 0 Å². The van der Waals surface area contributed by atoms with Crippen LogP contribution in [0.15, 0.2) is 67.5 Å². The van der Waals surface area contributed by atoms with Gasteiger partial charge in [0.25, 0.3) is 0 Å². The first-order valence-electron chi connectivity index (χ1n) is 5.49. The van der Waals surface area contributed by atoms with Gasteiger partial charge in [0, 0.05) is 5.57 Å². The van der Waals surface area contributed by atoms with Gasteiger partial charge in [0.15, 0.2) is 0 Å². The highest BCUT2D eigenvalue weighted by Gasteiger charge is 1.94. The third kappa shape index (κ3) is 4.15. The molecule has 0 unspecified atom stereocenters. The average Bonchev–Trinajstić information content (AvgIpc) is 2.39. The quantitative estimate of drug-likeness (QED) is 0.571. The van der Waals surface area contributed by atoms with Crippen LogP contribution in [0.3, 0.4) is 0 Å². The molecule has 0 aromatic heterocycles. The largest absolute Gasteiger partial charge is 0.466 e. The number of nitriles is 1. The van der Waals surface area contributed by atoms with Gasteiger partial charge in [0.1, 0.15) is 5.75 Å². The van der Waals surface area contributed by atoms with Gasteiger partial charge in [-0.25, -0.2) is 0 Å². The van der Waals surface area contributed by atoms with Gasteiger partial charge in [0.05, 0.1) is 12.3 Å². The molecule has 2 rings (SSSR count). The zero-order valence-corrected chi connectivity index (χ0v) is 10.4. The number of hydrogen-bond donors (Lipinski definition) is 0. The summed E-state index contributed by atoms with van der Waals surface area (Å²) in [5.41, 5.74) is 0.560. The molecule has 0 saturated heterocycles. The SMILES string of the molecule is C=C(C)C#N.C=COc1ccc2ccccc2c1. The molecule has 0 aliphatic carbocycles. The van der Waals surface area contributed by atoms with Gasteiger partial charge in [-0.2, -0.15) is 5.26 Å². The summed E-state index contributed by atoms with van der Waals surface area (Å²) in [7, 11) is 0. The molecule has 0 heterocycles. The zero-order valence-electron chi connectivity index (χ0n) is 10.4. The van der Waals surface area contributed by atoms with Crippen molar-refractivity contribution in [3.05, 3.63) is 67.5 Å². The summed E-state index contributed by atoms with van der Waals surface area (Å²) in [6.45, 7) is 8.49. The molecule has 2 heteroatoms. The van der Waals surface area contributed by atoms with Gasteiger partial charge < -0.3 is 4.74 Å². The van der Waals surface area contributed by atoms with E-state index in [-0.39, 0.29) is 0 Å². The minimum absolute atomic E-state index is 0.560. The van der Waals surface area contributed by atoms with Gasteiger partial charge in [0.2, 0.25) is 0 Å². The Morgan fingerprint density at radius 2 is 1.83 bits per heavy atom. The van der Waals surface area contributed by atoms with Gasteiger partial charge >= 0.3 is 0 Å². The van der Waals surface area contributed by atoms with Crippen LogP contribution in [0.4, 0.5) is 0 Å². The minimum Gasteiger partial charge on any atom is -0.466 e. The van der Waals surface area contributed by atoms with Gasteiger partial charge in [-0.1, -0.05) is 43.5 Å². The second-order valence-corrected chi connectivity index (χ2v) is 3.69. The second kappa shape index (κ2) is 6.93. The molecule has 18 heavy (non-hydrogen) atoms. The van der Waals surface area contributed by atoms with Gasteiger partial charge in [-0.3, -0.25) is 0 Å². The van der Waals surface area contributed by atoms with Gasteiger partial charge in [-0.05, 0) is 29.8 Å². The van der Waals surface area contributed by atoms with Crippen LogP contribution < -0.4 is 4.74 Å². The first-order chi connectivity index (χ1) is 8.67. The monoisotopic (exact) mass is 237 g/mol. The molecule has 2 nitrogen and oxygen atoms in total.